The molecule has 0 amide bonds. The third kappa shape index (κ3) is 5.41. The van der Waals surface area contributed by atoms with Gasteiger partial charge in [-0.25, -0.2) is 14.8 Å². The van der Waals surface area contributed by atoms with Crippen molar-refractivity contribution in [1.29, 1.82) is 0 Å². The molecule has 0 saturated heterocycles. The molecule has 2 aromatic rings. The second-order valence-corrected chi connectivity index (χ2v) is 6.43. The lowest BCUT2D eigenvalue weighted by atomic mass is 10.1. The quantitative estimate of drug-likeness (QED) is 0.471. The predicted molar refractivity (Wildman–Crippen MR) is 96.7 cm³/mol. The van der Waals surface area contributed by atoms with Crippen LogP contribution in [-0.2, 0) is 10.1 Å². The number of aromatic nitrogens is 2. The van der Waals surface area contributed by atoms with Gasteiger partial charge < -0.3 is 9.47 Å². The molecule has 0 radical (unpaired) electrons. The summed E-state index contributed by atoms with van der Waals surface area (Å²) in [4.78, 5) is 20.3. The Morgan fingerprint density at radius 2 is 1.81 bits per heavy atom. The van der Waals surface area contributed by atoms with Gasteiger partial charge in [-0.3, -0.25) is 0 Å². The van der Waals surface area contributed by atoms with Crippen LogP contribution < -0.4 is 4.74 Å². The molecule has 0 fully saturated rings. The molecule has 0 aliphatic rings. The van der Waals surface area contributed by atoms with E-state index in [0.29, 0.717) is 28.2 Å². The number of esters is 1. The summed E-state index contributed by atoms with van der Waals surface area (Å²) < 4.78 is 48.3. The highest BCUT2D eigenvalue weighted by molar-refractivity contribution is 9.08. The lowest BCUT2D eigenvalue weighted by molar-refractivity contribution is -0.188. The van der Waals surface area contributed by atoms with E-state index in [1.54, 1.807) is 12.1 Å². The van der Waals surface area contributed by atoms with E-state index in [-0.39, 0.29) is 5.69 Å². The minimum Gasteiger partial charge on any atom is -0.490 e. The zero-order valence-corrected chi connectivity index (χ0v) is 16.5. The second kappa shape index (κ2) is 8.69. The Bertz CT molecular complexity index is 797. The molecule has 27 heavy (non-hydrogen) atoms. The highest BCUT2D eigenvalue weighted by Gasteiger charge is 2.40. The first-order chi connectivity index (χ1) is 12.7. The Morgan fingerprint density at radius 1 is 1.19 bits per heavy atom. The number of nitrogens with zero attached hydrogens (tertiary/aromatic N) is 2. The van der Waals surface area contributed by atoms with E-state index >= 15 is 0 Å². The van der Waals surface area contributed by atoms with Crippen LogP contribution in [0.4, 0.5) is 13.2 Å². The first-order valence-electron chi connectivity index (χ1n) is 8.01. The summed E-state index contributed by atoms with van der Waals surface area (Å²) in [6.45, 7) is 2.45. The Balaban J connectivity index is 2.23. The third-order valence-corrected chi connectivity index (χ3v) is 4.54. The molecule has 1 aromatic carbocycles. The zero-order valence-electron chi connectivity index (χ0n) is 14.9. The average Bonchev–Trinajstić information content (AvgIpc) is 2.66. The summed E-state index contributed by atoms with van der Waals surface area (Å²) in [5.41, 5.74) is 1.30. The van der Waals surface area contributed by atoms with Gasteiger partial charge in [-0.05, 0) is 37.3 Å². The largest absolute Gasteiger partial charge is 0.490 e. The predicted octanol–water partition coefficient (Wildman–Crippen LogP) is 4.79. The van der Waals surface area contributed by atoms with Gasteiger partial charge in [0, 0.05) is 10.9 Å². The minimum absolute atomic E-state index is 0.116. The van der Waals surface area contributed by atoms with Crippen LogP contribution in [0, 0.1) is 5.92 Å². The average molecular weight is 447 g/mol. The molecule has 0 N–H and O–H groups in total. The van der Waals surface area contributed by atoms with Gasteiger partial charge in [0.2, 0.25) is 0 Å². The molecule has 1 heterocycles. The van der Waals surface area contributed by atoms with Crippen molar-refractivity contribution in [3.63, 3.8) is 0 Å². The van der Waals surface area contributed by atoms with Crippen molar-refractivity contribution in [3.05, 3.63) is 41.7 Å². The smallest absolute Gasteiger partial charge is 0.395 e. The lowest BCUT2D eigenvalue weighted by Gasteiger charge is -2.23. The number of hydrogen-bond acceptors (Lipinski definition) is 5. The molecule has 0 aliphatic carbocycles. The maximum Gasteiger partial charge on any atom is 0.395 e. The summed E-state index contributed by atoms with van der Waals surface area (Å²) in [5.74, 6) is -1.59. The van der Waals surface area contributed by atoms with Gasteiger partial charge in [0.15, 0.2) is 11.5 Å². The van der Waals surface area contributed by atoms with Gasteiger partial charge in [-0.1, -0.05) is 22.9 Å². The molecule has 5 nitrogen and oxygen atoms in total. The first-order valence-corrected chi connectivity index (χ1v) is 9.14. The van der Waals surface area contributed by atoms with E-state index in [1.807, 2.05) is 0 Å². The third-order valence-electron chi connectivity index (χ3n) is 3.97. The summed E-state index contributed by atoms with van der Waals surface area (Å²) in [6.07, 6.45) is -5.36. The van der Waals surface area contributed by atoms with Crippen LogP contribution in [0.3, 0.4) is 0 Å². The van der Waals surface area contributed by atoms with Gasteiger partial charge in [0.25, 0.3) is 0 Å². The molecule has 1 aromatic heterocycles. The lowest BCUT2D eigenvalue weighted by Crippen LogP contribution is -2.33. The van der Waals surface area contributed by atoms with Gasteiger partial charge >= 0.3 is 12.1 Å². The van der Waals surface area contributed by atoms with E-state index < -0.39 is 24.2 Å². The van der Waals surface area contributed by atoms with Crippen molar-refractivity contribution in [2.75, 3.05) is 7.11 Å². The fraction of sp³-hybridized carbons (Fsp3) is 0.389. The van der Waals surface area contributed by atoms with Crippen molar-refractivity contribution in [1.82, 2.24) is 9.97 Å². The Kier molecular flexibility index (Phi) is 6.80. The Hall–Kier alpha value is -2.16. The topological polar surface area (TPSA) is 61.3 Å². The number of carbonyl (C=O) groups excluding carboxylic acids is 1. The maximum atomic E-state index is 12.8. The molecule has 0 saturated carbocycles. The van der Waals surface area contributed by atoms with Crippen LogP contribution in [0.2, 0.25) is 0 Å². The van der Waals surface area contributed by atoms with Crippen molar-refractivity contribution < 1.29 is 27.4 Å². The van der Waals surface area contributed by atoms with Crippen LogP contribution in [0.1, 0.15) is 30.0 Å². The molecule has 2 rings (SSSR count). The number of rotatable bonds is 6. The first kappa shape index (κ1) is 21.1. The molecular weight excluding hydrogens is 429 g/mol. The van der Waals surface area contributed by atoms with Gasteiger partial charge in [-0.15, -0.1) is 0 Å². The molecule has 0 bridgehead atoms. The molecule has 9 heteroatoms. The number of hydrogen-bond donors (Lipinski definition) is 0. The second-order valence-electron chi connectivity index (χ2n) is 5.87. The molecular formula is C18H18BrF3N2O3. The summed E-state index contributed by atoms with van der Waals surface area (Å²) in [7, 11) is 1.26. The van der Waals surface area contributed by atoms with E-state index in [1.165, 1.54) is 32.2 Å². The number of alkyl halides is 4. The van der Waals surface area contributed by atoms with E-state index in [2.05, 4.69) is 30.6 Å². The highest BCUT2D eigenvalue weighted by atomic mass is 79.9. The number of methoxy groups -OCH3 is 1. The van der Waals surface area contributed by atoms with Crippen molar-refractivity contribution in [2.24, 2.45) is 5.92 Å². The van der Waals surface area contributed by atoms with Crippen LogP contribution >= 0.6 is 15.9 Å². The van der Waals surface area contributed by atoms with Crippen LogP contribution in [0.15, 0.2) is 30.3 Å². The molecule has 0 aliphatic heterocycles. The van der Waals surface area contributed by atoms with Gasteiger partial charge in [-0.2, -0.15) is 13.2 Å². The zero-order chi connectivity index (χ0) is 20.2. The monoisotopic (exact) mass is 446 g/mol. The number of halogens is 4. The van der Waals surface area contributed by atoms with E-state index in [4.69, 9.17) is 4.74 Å². The fourth-order valence-electron chi connectivity index (χ4n) is 2.17. The molecule has 2 atom stereocenters. The molecule has 146 valence electrons. The van der Waals surface area contributed by atoms with Crippen molar-refractivity contribution in [2.45, 2.75) is 31.5 Å². The summed E-state index contributed by atoms with van der Waals surface area (Å²) in [5, 5.41) is 0.417. The standard InChI is InChI=1S/C18H18BrF3N2O3/c1-10(18(20,21)22)11(2)27-14-6-4-12(5-7-14)16-23-13(9-19)8-15(24-16)17(25)26-3/h4-8,10-11H,9H2,1-3H3/t10-,11?/m1/s1. The van der Waals surface area contributed by atoms with Crippen molar-refractivity contribution in [3.8, 4) is 17.1 Å². The van der Waals surface area contributed by atoms with Crippen LogP contribution in [0.25, 0.3) is 11.4 Å². The number of benzene rings is 1. The van der Waals surface area contributed by atoms with Crippen LogP contribution in [0.5, 0.6) is 5.75 Å². The summed E-state index contributed by atoms with van der Waals surface area (Å²) >= 11 is 3.28. The van der Waals surface area contributed by atoms with Crippen LogP contribution in [-0.4, -0.2) is 35.3 Å². The van der Waals surface area contributed by atoms with E-state index in [0.717, 1.165) is 6.92 Å². The highest BCUT2D eigenvalue weighted by Crippen LogP contribution is 2.31. The SMILES string of the molecule is COC(=O)c1cc(CBr)nc(-c2ccc(OC(C)[C@@H](C)C(F)(F)F)cc2)n1. The van der Waals surface area contributed by atoms with Crippen molar-refractivity contribution >= 4 is 21.9 Å². The molecule has 1 unspecified atom stereocenters. The van der Waals surface area contributed by atoms with Gasteiger partial charge in [0.05, 0.1) is 18.7 Å². The molecule has 0 spiro atoms. The number of carbonyl (C=O) groups is 1. The maximum absolute atomic E-state index is 12.8. The number of ether oxygens (including phenoxy) is 2. The van der Waals surface area contributed by atoms with E-state index in [9.17, 15) is 18.0 Å². The van der Waals surface area contributed by atoms with Gasteiger partial charge in [0.1, 0.15) is 11.9 Å². The summed E-state index contributed by atoms with van der Waals surface area (Å²) in [6, 6.07) is 7.83. The normalized spacial score (nSPS) is 13.7. The Labute approximate surface area is 163 Å². The fourth-order valence-corrected chi connectivity index (χ4v) is 2.46. The Morgan fingerprint density at radius 3 is 2.33 bits per heavy atom. The minimum atomic E-state index is -4.33.